The predicted molar refractivity (Wildman–Crippen MR) is 304 cm³/mol. The zero-order chi connectivity index (χ0) is 53.5. The quantitative estimate of drug-likeness (QED) is 0.0325. The Hall–Kier alpha value is 3.10. The average molecular weight is 1150 g/mol. The van der Waals surface area contributed by atoms with Gasteiger partial charge in [0.25, 0.3) is 7.82 Å². The normalized spacial score (nSPS) is 11.5. The van der Waals surface area contributed by atoms with Gasteiger partial charge in [-0.1, -0.05) is 310 Å². The molecule has 0 aliphatic rings. The molecule has 0 heterocycles. The maximum absolute atomic E-state index is 11.9. The third kappa shape index (κ3) is 85.9. The van der Waals surface area contributed by atoms with Crippen molar-refractivity contribution in [1.29, 1.82) is 0 Å². The molecule has 0 saturated carbocycles. The van der Waals surface area contributed by atoms with Crippen LogP contribution in [0.1, 0.15) is 329 Å². The van der Waals surface area contributed by atoms with Crippen LogP contribution in [-0.4, -0.2) is 59.5 Å². The minimum Gasteiger partial charge on any atom is -0.790 e. The molecule has 0 N–H and O–H groups in total. The second kappa shape index (κ2) is 76.1. The van der Waals surface area contributed by atoms with Crippen LogP contribution in [0, 0.1) is 0 Å². The first-order valence-electron chi connectivity index (χ1n) is 31.7. The van der Waals surface area contributed by atoms with Gasteiger partial charge in [0.1, 0.15) is 0 Å². The summed E-state index contributed by atoms with van der Waals surface area (Å²) in [6.45, 7) is 9.25. The molecule has 0 fully saturated rings. The fraction of sp³-hybridized carbons (Fsp3) is 1.00. The van der Waals surface area contributed by atoms with E-state index in [2.05, 4.69) is 25.3 Å². The van der Waals surface area contributed by atoms with Crippen molar-refractivity contribution >= 4 is 15.6 Å². The summed E-state index contributed by atoms with van der Waals surface area (Å²) in [5.41, 5.74) is 0. The van der Waals surface area contributed by atoms with Gasteiger partial charge in [-0.3, -0.25) is 4.57 Å². The Morgan fingerprint density at radius 2 is 0.382 bits per heavy atom. The molecule has 0 bridgehead atoms. The molecule has 0 rings (SSSR count). The summed E-state index contributed by atoms with van der Waals surface area (Å²) in [4.78, 5) is 32.3. The van der Waals surface area contributed by atoms with Gasteiger partial charge in [0.2, 0.25) is 0 Å². The summed E-state index contributed by atoms with van der Waals surface area (Å²) < 4.78 is 52.3. The van der Waals surface area contributed by atoms with Crippen LogP contribution in [0.2, 0.25) is 0 Å². The van der Waals surface area contributed by atoms with Crippen LogP contribution < -0.4 is 103 Å². The molecule has 0 saturated heterocycles. The zero-order valence-corrected chi connectivity index (χ0v) is 59.5. The van der Waals surface area contributed by atoms with Crippen LogP contribution in [0.4, 0.5) is 0 Å². The number of rotatable bonds is 63. The fourth-order valence-corrected chi connectivity index (χ4v) is 10.2. The number of phosphoric ester groups is 2. The molecular formula is C60H123Na3O11P2. The Bertz CT molecular complexity index is 1070. The van der Waals surface area contributed by atoms with Crippen LogP contribution in [0.5, 0.6) is 0 Å². The van der Waals surface area contributed by atoms with Crippen molar-refractivity contribution in [2.75, 3.05) is 59.5 Å². The number of ether oxygens (including phenoxy) is 3. The van der Waals surface area contributed by atoms with Crippen LogP contribution in [-0.2, 0) is 36.9 Å². The summed E-state index contributed by atoms with van der Waals surface area (Å²) >= 11 is 0. The molecule has 0 spiro atoms. The molecule has 0 aromatic rings. The minimum absolute atomic E-state index is 0. The SMILES string of the molecule is CCCCCCCCCCCCCCCCCCOCCOP(=O)([O-])OCCOCCCCCCCCCCCCCCCCCC.CCCCCCCCCCCCCCCCCCOCCOP(=O)([O-])[O-].[Na+].[Na+].[Na+]. The summed E-state index contributed by atoms with van der Waals surface area (Å²) in [6, 6.07) is 0. The van der Waals surface area contributed by atoms with Crippen LogP contribution in [0.25, 0.3) is 0 Å². The van der Waals surface area contributed by atoms with E-state index >= 15 is 0 Å². The molecule has 0 aromatic heterocycles. The van der Waals surface area contributed by atoms with Gasteiger partial charge in [0.05, 0.1) is 47.5 Å². The largest absolute Gasteiger partial charge is 1.00 e. The van der Waals surface area contributed by atoms with Crippen molar-refractivity contribution in [1.82, 2.24) is 0 Å². The Morgan fingerprint density at radius 1 is 0.224 bits per heavy atom. The first-order valence-corrected chi connectivity index (χ1v) is 34.6. The van der Waals surface area contributed by atoms with E-state index in [1.54, 1.807) is 0 Å². The van der Waals surface area contributed by atoms with Crippen molar-refractivity contribution in [3.05, 3.63) is 0 Å². The summed E-state index contributed by atoms with van der Waals surface area (Å²) in [7, 11) is -9.13. The van der Waals surface area contributed by atoms with E-state index in [0.29, 0.717) is 19.8 Å². The Labute approximate surface area is 539 Å². The molecule has 442 valence electrons. The number of hydrogen-bond donors (Lipinski definition) is 0. The van der Waals surface area contributed by atoms with Gasteiger partial charge in [-0.2, -0.15) is 0 Å². The Kier molecular flexibility index (Phi) is 88.0. The molecule has 76 heavy (non-hydrogen) atoms. The number of unbranched alkanes of at least 4 members (excludes halogenated alkanes) is 45. The number of hydrogen-bond acceptors (Lipinski definition) is 11. The van der Waals surface area contributed by atoms with Crippen LogP contribution >= 0.6 is 15.6 Å². The molecule has 11 nitrogen and oxygen atoms in total. The van der Waals surface area contributed by atoms with E-state index in [1.807, 2.05) is 0 Å². The smallest absolute Gasteiger partial charge is 0.790 e. The molecule has 0 aliphatic heterocycles. The van der Waals surface area contributed by atoms with Crippen molar-refractivity contribution in [2.45, 2.75) is 329 Å². The van der Waals surface area contributed by atoms with Crippen LogP contribution in [0.15, 0.2) is 0 Å². The molecule has 16 heteroatoms. The van der Waals surface area contributed by atoms with Gasteiger partial charge in [-0.25, -0.2) is 0 Å². The number of phosphoric acid groups is 2. The molecule has 0 atom stereocenters. The molecule has 0 amide bonds. The standard InChI is InChI=1S/C40H83O6P.C20H43O5P.3Na/c1-3-5-7-9-11-13-15-17-19-21-23-25-27-29-31-33-35-43-37-39-45-47(41,42)46-40-38-44-36-34-32-30-28-26-24-22-20-18-16-14-12-10-8-6-4-2;1-2-3-4-5-6-7-8-9-10-11-12-13-14-15-16-17-18-24-19-20-25-26(21,22)23;;;/h3-40H2,1-2H3,(H,41,42);2-20H2,1H3,(H2,21,22,23);;;/q;;3*+1/p-3. The molecule has 0 aromatic carbocycles. The first kappa shape index (κ1) is 87.9. The monoisotopic (exact) mass is 1150 g/mol. The predicted octanol–water partition coefficient (Wildman–Crippen LogP) is 9.17. The van der Waals surface area contributed by atoms with Crippen molar-refractivity contribution < 1.29 is 140 Å². The van der Waals surface area contributed by atoms with Gasteiger partial charge in [-0.05, 0) is 19.3 Å². The molecular weight excluding hydrogens is 1030 g/mol. The summed E-state index contributed by atoms with van der Waals surface area (Å²) in [5, 5.41) is 0. The first-order chi connectivity index (χ1) is 35.7. The van der Waals surface area contributed by atoms with Gasteiger partial charge in [0, 0.05) is 19.8 Å². The van der Waals surface area contributed by atoms with E-state index in [0.717, 1.165) is 25.7 Å². The Morgan fingerprint density at radius 3 is 0.553 bits per heavy atom. The van der Waals surface area contributed by atoms with Crippen molar-refractivity contribution in [2.24, 2.45) is 0 Å². The van der Waals surface area contributed by atoms with E-state index in [1.165, 1.54) is 283 Å². The second-order valence-corrected chi connectivity index (χ2v) is 23.7. The van der Waals surface area contributed by atoms with E-state index in [9.17, 15) is 23.8 Å². The van der Waals surface area contributed by atoms with Gasteiger partial charge in [-0.15, -0.1) is 0 Å². The third-order valence-corrected chi connectivity index (χ3v) is 15.4. The fourth-order valence-electron chi connectivity index (χ4n) is 9.22. The van der Waals surface area contributed by atoms with E-state index < -0.39 is 15.6 Å². The van der Waals surface area contributed by atoms with Crippen molar-refractivity contribution in [3.8, 4) is 0 Å². The Balaban J connectivity index is -0.000000494. The third-order valence-electron chi connectivity index (χ3n) is 13.9. The topological polar surface area (TPSA) is 159 Å². The maximum Gasteiger partial charge on any atom is 1.00 e. The molecule has 0 radical (unpaired) electrons. The van der Waals surface area contributed by atoms with Crippen molar-refractivity contribution in [3.63, 3.8) is 0 Å². The van der Waals surface area contributed by atoms with Crippen LogP contribution in [0.3, 0.4) is 0 Å². The second-order valence-electron chi connectivity index (χ2n) is 21.1. The maximum atomic E-state index is 11.9. The molecule has 0 unspecified atom stereocenters. The molecule has 0 aliphatic carbocycles. The van der Waals surface area contributed by atoms with Gasteiger partial charge in [0.15, 0.2) is 0 Å². The zero-order valence-electron chi connectivity index (χ0n) is 51.7. The summed E-state index contributed by atoms with van der Waals surface area (Å²) in [6.07, 6.45) is 64.4. The van der Waals surface area contributed by atoms with E-state index in [4.69, 9.17) is 23.3 Å². The van der Waals surface area contributed by atoms with Gasteiger partial charge < -0.3 is 47.0 Å². The summed E-state index contributed by atoms with van der Waals surface area (Å²) in [5.74, 6) is 0. The van der Waals surface area contributed by atoms with Gasteiger partial charge >= 0.3 is 88.7 Å². The van der Waals surface area contributed by atoms with E-state index in [-0.39, 0.29) is 128 Å². The average Bonchev–Trinajstić information content (AvgIpc) is 3.36. The minimum atomic E-state index is -4.84.